The standard InChI is InChI=1S/C14H23ClN4/c1-10-12(15)16-11(2)17-13(10)18-6-8-19(9-7-18)14(3,4)5/h6-9H2,1-5H3. The Balaban J connectivity index is 2.14. The molecule has 0 saturated carbocycles. The van der Waals surface area contributed by atoms with Crippen molar-refractivity contribution in [1.82, 2.24) is 14.9 Å². The van der Waals surface area contributed by atoms with E-state index in [4.69, 9.17) is 11.6 Å². The number of piperazine rings is 1. The van der Waals surface area contributed by atoms with Crippen LogP contribution in [-0.2, 0) is 0 Å². The summed E-state index contributed by atoms with van der Waals surface area (Å²) in [6.45, 7) is 14.8. The van der Waals surface area contributed by atoms with Crippen LogP contribution in [0.4, 0.5) is 5.82 Å². The molecule has 19 heavy (non-hydrogen) atoms. The van der Waals surface area contributed by atoms with Crippen LogP contribution in [-0.4, -0.2) is 46.6 Å². The van der Waals surface area contributed by atoms with E-state index < -0.39 is 0 Å². The van der Waals surface area contributed by atoms with Gasteiger partial charge in [0.2, 0.25) is 0 Å². The highest BCUT2D eigenvalue weighted by molar-refractivity contribution is 6.30. The summed E-state index contributed by atoms with van der Waals surface area (Å²) in [5.74, 6) is 1.73. The Bertz CT molecular complexity index is 459. The Morgan fingerprint density at radius 3 is 2.11 bits per heavy atom. The molecule has 0 radical (unpaired) electrons. The SMILES string of the molecule is Cc1nc(Cl)c(C)c(N2CCN(C(C)(C)C)CC2)n1. The number of hydrogen-bond donors (Lipinski definition) is 0. The van der Waals surface area contributed by atoms with Crippen LogP contribution < -0.4 is 4.90 Å². The molecule has 4 nitrogen and oxygen atoms in total. The molecule has 0 amide bonds. The van der Waals surface area contributed by atoms with Gasteiger partial charge in [-0.3, -0.25) is 4.90 Å². The molecule has 1 fully saturated rings. The molecule has 0 aliphatic carbocycles. The van der Waals surface area contributed by atoms with E-state index in [2.05, 4.69) is 40.5 Å². The summed E-state index contributed by atoms with van der Waals surface area (Å²) in [6.07, 6.45) is 0. The van der Waals surface area contributed by atoms with Gasteiger partial charge in [-0.1, -0.05) is 11.6 Å². The summed E-state index contributed by atoms with van der Waals surface area (Å²) >= 11 is 6.15. The first-order chi connectivity index (χ1) is 8.79. The smallest absolute Gasteiger partial charge is 0.137 e. The van der Waals surface area contributed by atoms with E-state index in [-0.39, 0.29) is 5.54 Å². The zero-order valence-electron chi connectivity index (χ0n) is 12.5. The molecule has 5 heteroatoms. The van der Waals surface area contributed by atoms with Gasteiger partial charge in [-0.25, -0.2) is 9.97 Å². The summed E-state index contributed by atoms with van der Waals surface area (Å²) in [5, 5.41) is 0.570. The van der Waals surface area contributed by atoms with E-state index in [1.54, 1.807) is 0 Å². The van der Waals surface area contributed by atoms with Crippen molar-refractivity contribution in [2.75, 3.05) is 31.1 Å². The van der Waals surface area contributed by atoms with Gasteiger partial charge in [0.05, 0.1) is 0 Å². The maximum Gasteiger partial charge on any atom is 0.137 e. The van der Waals surface area contributed by atoms with E-state index in [1.807, 2.05) is 13.8 Å². The van der Waals surface area contributed by atoms with Gasteiger partial charge < -0.3 is 4.90 Å². The van der Waals surface area contributed by atoms with Crippen LogP contribution >= 0.6 is 11.6 Å². The summed E-state index contributed by atoms with van der Waals surface area (Å²) in [4.78, 5) is 13.6. The second-order valence-corrected chi connectivity index (χ2v) is 6.51. The monoisotopic (exact) mass is 282 g/mol. The lowest BCUT2D eigenvalue weighted by Crippen LogP contribution is -2.53. The molecule has 1 aliphatic rings. The molecular formula is C14H23ClN4. The minimum absolute atomic E-state index is 0.236. The first-order valence-electron chi connectivity index (χ1n) is 6.80. The number of aromatic nitrogens is 2. The quantitative estimate of drug-likeness (QED) is 0.742. The molecule has 1 aliphatic heterocycles. The topological polar surface area (TPSA) is 32.3 Å². The van der Waals surface area contributed by atoms with Crippen molar-refractivity contribution in [3.05, 3.63) is 16.5 Å². The Morgan fingerprint density at radius 1 is 1.00 bits per heavy atom. The molecule has 2 heterocycles. The third-order valence-corrected chi connectivity index (χ3v) is 4.07. The van der Waals surface area contributed by atoms with Crippen molar-refractivity contribution < 1.29 is 0 Å². The van der Waals surface area contributed by atoms with Crippen LogP contribution in [0.2, 0.25) is 5.15 Å². The molecule has 2 rings (SSSR count). The molecule has 1 aromatic heterocycles. The van der Waals surface area contributed by atoms with Crippen LogP contribution in [0.1, 0.15) is 32.2 Å². The van der Waals surface area contributed by atoms with Crippen LogP contribution in [0.15, 0.2) is 0 Å². The second kappa shape index (κ2) is 5.25. The van der Waals surface area contributed by atoms with Crippen LogP contribution in [0, 0.1) is 13.8 Å². The molecule has 0 unspecified atom stereocenters. The van der Waals surface area contributed by atoms with Gasteiger partial charge in [-0.05, 0) is 34.6 Å². The van der Waals surface area contributed by atoms with E-state index in [0.717, 1.165) is 43.4 Å². The number of anilines is 1. The fourth-order valence-electron chi connectivity index (χ4n) is 2.48. The normalized spacial score (nSPS) is 17.9. The number of nitrogens with zero attached hydrogens (tertiary/aromatic N) is 4. The molecule has 1 saturated heterocycles. The highest BCUT2D eigenvalue weighted by Crippen LogP contribution is 2.25. The molecule has 1 aromatic rings. The van der Waals surface area contributed by atoms with Crippen molar-refractivity contribution in [1.29, 1.82) is 0 Å². The van der Waals surface area contributed by atoms with E-state index in [1.165, 1.54) is 0 Å². The Morgan fingerprint density at radius 2 is 1.58 bits per heavy atom. The maximum absolute atomic E-state index is 6.15. The lowest BCUT2D eigenvalue weighted by atomic mass is 10.0. The highest BCUT2D eigenvalue weighted by Gasteiger charge is 2.27. The summed E-state index contributed by atoms with van der Waals surface area (Å²) in [5.41, 5.74) is 1.22. The Hall–Kier alpha value is -0.870. The zero-order valence-corrected chi connectivity index (χ0v) is 13.3. The summed E-state index contributed by atoms with van der Waals surface area (Å²) < 4.78 is 0. The van der Waals surface area contributed by atoms with Gasteiger partial charge in [-0.15, -0.1) is 0 Å². The molecule has 0 spiro atoms. The van der Waals surface area contributed by atoms with Crippen LogP contribution in [0.5, 0.6) is 0 Å². The van der Waals surface area contributed by atoms with Gasteiger partial charge in [-0.2, -0.15) is 0 Å². The highest BCUT2D eigenvalue weighted by atomic mass is 35.5. The predicted molar refractivity (Wildman–Crippen MR) is 80.1 cm³/mol. The van der Waals surface area contributed by atoms with Crippen LogP contribution in [0.25, 0.3) is 0 Å². The van der Waals surface area contributed by atoms with Crippen molar-refractivity contribution >= 4 is 17.4 Å². The molecular weight excluding hydrogens is 260 g/mol. The van der Waals surface area contributed by atoms with Crippen LogP contribution in [0.3, 0.4) is 0 Å². The third kappa shape index (κ3) is 3.18. The Labute approximate surface area is 120 Å². The molecule has 0 atom stereocenters. The number of hydrogen-bond acceptors (Lipinski definition) is 4. The van der Waals surface area contributed by atoms with Gasteiger partial charge in [0, 0.05) is 37.3 Å². The summed E-state index contributed by atoms with van der Waals surface area (Å²) in [7, 11) is 0. The number of aryl methyl sites for hydroxylation is 1. The van der Waals surface area contributed by atoms with E-state index in [0.29, 0.717) is 5.15 Å². The minimum atomic E-state index is 0.236. The Kier molecular flexibility index (Phi) is 4.02. The van der Waals surface area contributed by atoms with Gasteiger partial charge >= 0.3 is 0 Å². The number of rotatable bonds is 1. The average Bonchev–Trinajstić information content (AvgIpc) is 2.33. The van der Waals surface area contributed by atoms with Gasteiger partial charge in [0.15, 0.2) is 0 Å². The molecule has 0 bridgehead atoms. The molecule has 0 aromatic carbocycles. The largest absolute Gasteiger partial charge is 0.354 e. The first-order valence-corrected chi connectivity index (χ1v) is 7.17. The number of halogens is 1. The minimum Gasteiger partial charge on any atom is -0.354 e. The second-order valence-electron chi connectivity index (χ2n) is 6.16. The molecule has 0 N–H and O–H groups in total. The fourth-order valence-corrected chi connectivity index (χ4v) is 2.68. The lowest BCUT2D eigenvalue weighted by Gasteiger charge is -2.42. The zero-order chi connectivity index (χ0) is 14.2. The van der Waals surface area contributed by atoms with Gasteiger partial charge in [0.1, 0.15) is 16.8 Å². The average molecular weight is 283 g/mol. The third-order valence-electron chi connectivity index (χ3n) is 3.70. The van der Waals surface area contributed by atoms with Gasteiger partial charge in [0.25, 0.3) is 0 Å². The van der Waals surface area contributed by atoms with Crippen molar-refractivity contribution in [2.45, 2.75) is 40.2 Å². The first kappa shape index (κ1) is 14.5. The lowest BCUT2D eigenvalue weighted by molar-refractivity contribution is 0.128. The van der Waals surface area contributed by atoms with E-state index in [9.17, 15) is 0 Å². The van der Waals surface area contributed by atoms with Crippen molar-refractivity contribution in [2.24, 2.45) is 0 Å². The summed E-state index contributed by atoms with van der Waals surface area (Å²) in [6, 6.07) is 0. The van der Waals surface area contributed by atoms with Crippen molar-refractivity contribution in [3.63, 3.8) is 0 Å². The molecule has 106 valence electrons. The van der Waals surface area contributed by atoms with E-state index >= 15 is 0 Å². The fraction of sp³-hybridized carbons (Fsp3) is 0.714. The predicted octanol–water partition coefficient (Wildman–Crippen LogP) is 2.67. The maximum atomic E-state index is 6.15. The van der Waals surface area contributed by atoms with Crippen molar-refractivity contribution in [3.8, 4) is 0 Å².